The average Bonchev–Trinajstić information content (AvgIpc) is 3.11. The maximum Gasteiger partial charge on any atom is 0.146 e. The smallest absolute Gasteiger partial charge is 0.146 e. The summed E-state index contributed by atoms with van der Waals surface area (Å²) >= 11 is 0. The van der Waals surface area contributed by atoms with Crippen molar-refractivity contribution in [3.05, 3.63) is 77.2 Å². The van der Waals surface area contributed by atoms with Crippen molar-refractivity contribution in [2.75, 3.05) is 0 Å². The second-order valence-corrected chi connectivity index (χ2v) is 7.48. The highest BCUT2D eigenvalue weighted by molar-refractivity contribution is 6.11. The number of imidazole rings is 1. The Bertz CT molecular complexity index is 1340. The normalized spacial score (nSPS) is 11.7. The number of aromatic nitrogens is 3. The van der Waals surface area contributed by atoms with Crippen LogP contribution in [0.3, 0.4) is 0 Å². The van der Waals surface area contributed by atoms with Crippen molar-refractivity contribution in [1.82, 2.24) is 14.4 Å². The Labute approximate surface area is 158 Å². The lowest BCUT2D eigenvalue weighted by atomic mass is 9.91. The fraction of sp³-hybridized carbons (Fsp3) is 0.167. The van der Waals surface area contributed by atoms with Crippen molar-refractivity contribution in [2.45, 2.75) is 27.7 Å². The van der Waals surface area contributed by atoms with Crippen LogP contribution in [0.5, 0.6) is 0 Å². The number of aryl methyl sites for hydroxylation is 4. The predicted octanol–water partition coefficient (Wildman–Crippen LogP) is 5.94. The van der Waals surface area contributed by atoms with E-state index in [0.717, 1.165) is 22.1 Å². The molecule has 5 rings (SSSR count). The van der Waals surface area contributed by atoms with Gasteiger partial charge in [0.25, 0.3) is 0 Å². The molecule has 3 heteroatoms. The molecule has 0 fully saturated rings. The van der Waals surface area contributed by atoms with Crippen molar-refractivity contribution in [1.29, 1.82) is 0 Å². The van der Waals surface area contributed by atoms with Crippen molar-refractivity contribution >= 4 is 27.5 Å². The van der Waals surface area contributed by atoms with Crippen molar-refractivity contribution in [3.8, 4) is 11.1 Å². The topological polar surface area (TPSA) is 30.2 Å². The van der Waals surface area contributed by atoms with Crippen LogP contribution in [0.2, 0.25) is 0 Å². The molecule has 3 heterocycles. The van der Waals surface area contributed by atoms with Gasteiger partial charge in [0.2, 0.25) is 0 Å². The number of hydrogen-bond acceptors (Lipinski definition) is 2. The first-order valence-electron chi connectivity index (χ1n) is 9.27. The van der Waals surface area contributed by atoms with Gasteiger partial charge in [0.1, 0.15) is 5.65 Å². The molecule has 0 aliphatic rings. The van der Waals surface area contributed by atoms with Crippen LogP contribution in [-0.2, 0) is 0 Å². The Kier molecular flexibility index (Phi) is 3.35. The van der Waals surface area contributed by atoms with Gasteiger partial charge in [-0.2, -0.15) is 0 Å². The van der Waals surface area contributed by atoms with E-state index >= 15 is 0 Å². The molecule has 0 bridgehead atoms. The predicted molar refractivity (Wildman–Crippen MR) is 112 cm³/mol. The Hall–Kier alpha value is -3.20. The largest absolute Gasteiger partial charge is 0.299 e. The maximum absolute atomic E-state index is 4.70. The summed E-state index contributed by atoms with van der Waals surface area (Å²) in [5, 5.41) is 2.29. The summed E-state index contributed by atoms with van der Waals surface area (Å²) in [7, 11) is 0. The molecule has 0 saturated carbocycles. The highest BCUT2D eigenvalue weighted by atomic mass is 15.0. The van der Waals surface area contributed by atoms with Crippen LogP contribution in [0.4, 0.5) is 0 Å². The quantitative estimate of drug-likeness (QED) is 0.350. The molecule has 3 nitrogen and oxygen atoms in total. The monoisotopic (exact) mass is 351 g/mol. The summed E-state index contributed by atoms with van der Waals surface area (Å²) < 4.78 is 2.19. The summed E-state index contributed by atoms with van der Waals surface area (Å²) in [6.07, 6.45) is 5.77. The molecule has 132 valence electrons. The molecule has 0 N–H and O–H groups in total. The molecule has 27 heavy (non-hydrogen) atoms. The van der Waals surface area contributed by atoms with Crippen LogP contribution >= 0.6 is 0 Å². The van der Waals surface area contributed by atoms with E-state index in [-0.39, 0.29) is 0 Å². The lowest BCUT2D eigenvalue weighted by Gasteiger charge is -2.16. The van der Waals surface area contributed by atoms with Crippen LogP contribution in [-0.4, -0.2) is 14.4 Å². The SMILES string of the molecule is Cc1cc(C)c(-c2cc(C)c3c4ncccc4c4nccn4c3c2)c(C)c1. The third-order valence-corrected chi connectivity index (χ3v) is 5.47. The van der Waals surface area contributed by atoms with Crippen molar-refractivity contribution < 1.29 is 0 Å². The van der Waals surface area contributed by atoms with Crippen LogP contribution < -0.4 is 0 Å². The summed E-state index contributed by atoms with van der Waals surface area (Å²) in [5.41, 5.74) is 10.9. The summed E-state index contributed by atoms with van der Waals surface area (Å²) in [6.45, 7) is 8.73. The molecule has 2 aromatic carbocycles. The van der Waals surface area contributed by atoms with Gasteiger partial charge in [0, 0.05) is 29.4 Å². The molecule has 0 atom stereocenters. The Balaban J connectivity index is 1.96. The van der Waals surface area contributed by atoms with Crippen LogP contribution in [0.1, 0.15) is 22.3 Å². The highest BCUT2D eigenvalue weighted by Gasteiger charge is 2.15. The third kappa shape index (κ3) is 2.28. The fourth-order valence-corrected chi connectivity index (χ4v) is 4.53. The molecule has 0 unspecified atom stereocenters. The van der Waals surface area contributed by atoms with E-state index < -0.39 is 0 Å². The standard InChI is InChI=1S/C24H21N3/c1-14-10-15(2)21(16(3)11-14)18-12-17(4)22-20(13-18)27-9-8-26-24(27)19-6-5-7-25-23(19)22/h5-13H,1-4H3. The minimum Gasteiger partial charge on any atom is -0.299 e. The van der Waals surface area contributed by atoms with Crippen LogP contribution in [0.25, 0.3) is 38.6 Å². The molecule has 0 amide bonds. The lowest BCUT2D eigenvalue weighted by molar-refractivity contribution is 1.25. The van der Waals surface area contributed by atoms with Gasteiger partial charge in [-0.05, 0) is 73.7 Å². The van der Waals surface area contributed by atoms with E-state index in [0.29, 0.717) is 0 Å². The van der Waals surface area contributed by atoms with Crippen molar-refractivity contribution in [2.24, 2.45) is 0 Å². The van der Waals surface area contributed by atoms with E-state index in [1.54, 1.807) is 0 Å². The van der Waals surface area contributed by atoms with Crippen LogP contribution in [0.15, 0.2) is 55.0 Å². The third-order valence-electron chi connectivity index (χ3n) is 5.47. The van der Waals surface area contributed by atoms with E-state index in [2.05, 4.69) is 67.4 Å². The molecular formula is C24H21N3. The first kappa shape index (κ1) is 16.0. The first-order chi connectivity index (χ1) is 13.0. The highest BCUT2D eigenvalue weighted by Crippen LogP contribution is 2.35. The van der Waals surface area contributed by atoms with E-state index in [4.69, 9.17) is 4.98 Å². The van der Waals surface area contributed by atoms with E-state index in [1.165, 1.54) is 38.8 Å². The van der Waals surface area contributed by atoms with Gasteiger partial charge in [-0.3, -0.25) is 9.38 Å². The maximum atomic E-state index is 4.70. The molecule has 0 radical (unpaired) electrons. The number of rotatable bonds is 1. The zero-order chi connectivity index (χ0) is 18.7. The Morgan fingerprint density at radius 2 is 1.59 bits per heavy atom. The van der Waals surface area contributed by atoms with Gasteiger partial charge < -0.3 is 0 Å². The fourth-order valence-electron chi connectivity index (χ4n) is 4.53. The zero-order valence-electron chi connectivity index (χ0n) is 16.0. The zero-order valence-corrected chi connectivity index (χ0v) is 16.0. The average molecular weight is 351 g/mol. The number of pyridine rings is 2. The number of fused-ring (bicyclic) bond motifs is 6. The molecule has 0 spiro atoms. The van der Waals surface area contributed by atoms with Gasteiger partial charge in [0.05, 0.1) is 11.0 Å². The minimum atomic E-state index is 0.958. The van der Waals surface area contributed by atoms with Gasteiger partial charge in [-0.15, -0.1) is 0 Å². The Morgan fingerprint density at radius 3 is 2.37 bits per heavy atom. The van der Waals surface area contributed by atoms with Gasteiger partial charge in [0.15, 0.2) is 0 Å². The molecule has 0 saturated heterocycles. The van der Waals surface area contributed by atoms with Crippen LogP contribution in [0, 0.1) is 27.7 Å². The lowest BCUT2D eigenvalue weighted by Crippen LogP contribution is -1.96. The van der Waals surface area contributed by atoms with E-state index in [1.807, 2.05) is 24.7 Å². The van der Waals surface area contributed by atoms with Gasteiger partial charge >= 0.3 is 0 Å². The minimum absolute atomic E-state index is 0.958. The number of nitrogens with zero attached hydrogens (tertiary/aromatic N) is 3. The Morgan fingerprint density at radius 1 is 0.815 bits per heavy atom. The molecule has 3 aromatic heterocycles. The summed E-state index contributed by atoms with van der Waals surface area (Å²) in [4.78, 5) is 9.29. The van der Waals surface area contributed by atoms with Gasteiger partial charge in [-0.1, -0.05) is 23.8 Å². The van der Waals surface area contributed by atoms with Gasteiger partial charge in [-0.25, -0.2) is 4.98 Å². The second kappa shape index (κ2) is 5.65. The second-order valence-electron chi connectivity index (χ2n) is 7.48. The molecule has 5 aromatic rings. The molecule has 0 aliphatic carbocycles. The number of benzene rings is 2. The van der Waals surface area contributed by atoms with Crippen molar-refractivity contribution in [3.63, 3.8) is 0 Å². The molecular weight excluding hydrogens is 330 g/mol. The number of hydrogen-bond donors (Lipinski definition) is 0. The molecule has 0 aliphatic heterocycles. The summed E-state index contributed by atoms with van der Waals surface area (Å²) in [6, 6.07) is 13.2. The first-order valence-corrected chi connectivity index (χ1v) is 9.27. The van der Waals surface area contributed by atoms with E-state index in [9.17, 15) is 0 Å². The summed E-state index contributed by atoms with van der Waals surface area (Å²) in [5.74, 6) is 0.